The fourth-order valence-corrected chi connectivity index (χ4v) is 3.41. The Bertz CT molecular complexity index is 665. The Labute approximate surface area is 117 Å². The molecule has 0 amide bonds. The maximum Gasteiger partial charge on any atom is 0.318 e. The van der Waals surface area contributed by atoms with E-state index in [9.17, 15) is 18.0 Å². The number of carboxylic acid groups (broad SMARTS) is 1. The van der Waals surface area contributed by atoms with E-state index in [4.69, 9.17) is 5.11 Å². The lowest BCUT2D eigenvalue weighted by Gasteiger charge is -2.18. The molecule has 1 aromatic carbocycles. The van der Waals surface area contributed by atoms with Crippen molar-refractivity contribution in [1.82, 2.24) is 4.31 Å². The average Bonchev–Trinajstić information content (AvgIpc) is 2.37. The number of carbonyl (C=O) groups is 2. The summed E-state index contributed by atoms with van der Waals surface area (Å²) in [6, 6.07) is 4.34. The molecule has 6 nitrogen and oxygen atoms in total. The van der Waals surface area contributed by atoms with Crippen LogP contribution in [0.15, 0.2) is 23.1 Å². The first kappa shape index (κ1) is 14.7. The summed E-state index contributed by atoms with van der Waals surface area (Å²) in [6.07, 6.45) is 1.85. The molecule has 0 bridgehead atoms. The summed E-state index contributed by atoms with van der Waals surface area (Å²) in [4.78, 5) is 22.3. The topological polar surface area (TPSA) is 91.8 Å². The average molecular weight is 297 g/mol. The number of sulfonamides is 1. The van der Waals surface area contributed by atoms with Crippen molar-refractivity contribution >= 4 is 21.8 Å². The minimum Gasteiger partial charge on any atom is -0.480 e. The molecule has 0 radical (unpaired) electrons. The van der Waals surface area contributed by atoms with Crippen LogP contribution in [0.2, 0.25) is 0 Å². The Balaban J connectivity index is 2.38. The lowest BCUT2D eigenvalue weighted by Crippen LogP contribution is -2.32. The van der Waals surface area contributed by atoms with Gasteiger partial charge in [-0.3, -0.25) is 9.59 Å². The molecule has 0 aliphatic heterocycles. The van der Waals surface area contributed by atoms with Gasteiger partial charge in [0.05, 0.1) is 4.90 Å². The molecule has 1 aromatic rings. The molecule has 0 atom stereocenters. The standard InChI is InChI=1S/C13H15NO5S/c1-14(8-13(16)17)20(18,19)10-5-6-11-9(7-10)3-2-4-12(11)15/h5-7H,2-4,8H2,1H3,(H,16,17). The Morgan fingerprint density at radius 1 is 1.35 bits per heavy atom. The van der Waals surface area contributed by atoms with Gasteiger partial charge in [-0.25, -0.2) is 8.42 Å². The van der Waals surface area contributed by atoms with Crippen LogP contribution in [0, 0.1) is 0 Å². The number of carbonyl (C=O) groups excluding carboxylic acids is 1. The van der Waals surface area contributed by atoms with Crippen LogP contribution in [0.1, 0.15) is 28.8 Å². The molecule has 108 valence electrons. The van der Waals surface area contributed by atoms with E-state index < -0.39 is 22.5 Å². The molecule has 0 heterocycles. The van der Waals surface area contributed by atoms with Gasteiger partial charge < -0.3 is 5.11 Å². The van der Waals surface area contributed by atoms with Crippen molar-refractivity contribution in [2.24, 2.45) is 0 Å². The van der Waals surface area contributed by atoms with E-state index in [1.165, 1.54) is 25.2 Å². The van der Waals surface area contributed by atoms with Crippen molar-refractivity contribution in [1.29, 1.82) is 0 Å². The first-order chi connectivity index (χ1) is 9.32. The molecular weight excluding hydrogens is 282 g/mol. The summed E-state index contributed by atoms with van der Waals surface area (Å²) >= 11 is 0. The van der Waals surface area contributed by atoms with Gasteiger partial charge in [0.15, 0.2) is 5.78 Å². The van der Waals surface area contributed by atoms with E-state index in [0.717, 1.165) is 4.31 Å². The fraction of sp³-hybridized carbons (Fsp3) is 0.385. The highest BCUT2D eigenvalue weighted by molar-refractivity contribution is 7.89. The molecule has 0 saturated carbocycles. The van der Waals surface area contributed by atoms with Crippen molar-refractivity contribution in [2.75, 3.05) is 13.6 Å². The van der Waals surface area contributed by atoms with Gasteiger partial charge in [-0.05, 0) is 36.6 Å². The Hall–Kier alpha value is -1.73. The van der Waals surface area contributed by atoms with Gasteiger partial charge in [-0.15, -0.1) is 0 Å². The molecule has 0 unspecified atom stereocenters. The highest BCUT2D eigenvalue weighted by atomic mass is 32.2. The number of carboxylic acids is 1. The summed E-state index contributed by atoms with van der Waals surface area (Å²) < 4.78 is 25.2. The number of likely N-dealkylation sites (N-methyl/N-ethyl adjacent to an activating group) is 1. The largest absolute Gasteiger partial charge is 0.480 e. The number of ketones is 1. The third-order valence-corrected chi connectivity index (χ3v) is 5.09. The first-order valence-corrected chi connectivity index (χ1v) is 7.60. The third kappa shape index (κ3) is 2.73. The van der Waals surface area contributed by atoms with Gasteiger partial charge >= 0.3 is 5.97 Å². The lowest BCUT2D eigenvalue weighted by molar-refractivity contribution is -0.137. The monoisotopic (exact) mass is 297 g/mol. The van der Waals surface area contributed by atoms with Crippen molar-refractivity contribution in [3.05, 3.63) is 29.3 Å². The normalized spacial score (nSPS) is 15.2. The number of Topliss-reactive ketones (excluding diaryl/α,β-unsaturated/α-hetero) is 1. The van der Waals surface area contributed by atoms with Crippen LogP contribution in [-0.2, 0) is 21.2 Å². The molecule has 20 heavy (non-hydrogen) atoms. The number of fused-ring (bicyclic) bond motifs is 1. The van der Waals surface area contributed by atoms with E-state index in [2.05, 4.69) is 0 Å². The molecule has 0 saturated heterocycles. The summed E-state index contributed by atoms with van der Waals surface area (Å²) in [5.41, 5.74) is 1.28. The highest BCUT2D eigenvalue weighted by Gasteiger charge is 2.25. The molecule has 0 aromatic heterocycles. The molecule has 7 heteroatoms. The minimum absolute atomic E-state index is 0.0223. The van der Waals surface area contributed by atoms with Crippen LogP contribution in [0.5, 0.6) is 0 Å². The van der Waals surface area contributed by atoms with Gasteiger partial charge in [0, 0.05) is 19.0 Å². The Kier molecular flexibility index (Phi) is 3.92. The SMILES string of the molecule is CN(CC(=O)O)S(=O)(=O)c1ccc2c(c1)CCCC2=O. The van der Waals surface area contributed by atoms with Crippen LogP contribution in [-0.4, -0.2) is 43.2 Å². The zero-order valence-electron chi connectivity index (χ0n) is 11.0. The summed E-state index contributed by atoms with van der Waals surface area (Å²) in [5.74, 6) is -1.20. The van der Waals surface area contributed by atoms with Gasteiger partial charge in [0.25, 0.3) is 0 Å². The van der Waals surface area contributed by atoms with Gasteiger partial charge in [-0.2, -0.15) is 4.31 Å². The van der Waals surface area contributed by atoms with Crippen molar-refractivity contribution < 1.29 is 23.1 Å². The summed E-state index contributed by atoms with van der Waals surface area (Å²) in [5, 5.41) is 8.67. The Morgan fingerprint density at radius 3 is 2.70 bits per heavy atom. The number of rotatable bonds is 4. The Morgan fingerprint density at radius 2 is 2.05 bits per heavy atom. The fourth-order valence-electron chi connectivity index (χ4n) is 2.24. The number of aliphatic carboxylic acids is 1. The van der Waals surface area contributed by atoms with Crippen LogP contribution in [0.4, 0.5) is 0 Å². The second kappa shape index (κ2) is 5.34. The first-order valence-electron chi connectivity index (χ1n) is 6.16. The zero-order chi connectivity index (χ0) is 14.9. The van der Waals surface area contributed by atoms with Crippen molar-refractivity contribution in [2.45, 2.75) is 24.2 Å². The van der Waals surface area contributed by atoms with E-state index in [0.29, 0.717) is 30.4 Å². The number of hydrogen-bond donors (Lipinski definition) is 1. The van der Waals surface area contributed by atoms with Crippen LogP contribution < -0.4 is 0 Å². The van der Waals surface area contributed by atoms with Crippen LogP contribution >= 0.6 is 0 Å². The second-order valence-corrected chi connectivity index (χ2v) is 6.80. The molecule has 0 fully saturated rings. The predicted molar refractivity (Wildman–Crippen MR) is 71.2 cm³/mol. The zero-order valence-corrected chi connectivity index (χ0v) is 11.8. The van der Waals surface area contributed by atoms with Crippen molar-refractivity contribution in [3.63, 3.8) is 0 Å². The number of nitrogens with zero attached hydrogens (tertiary/aromatic N) is 1. The maximum absolute atomic E-state index is 12.2. The molecule has 1 aliphatic rings. The quantitative estimate of drug-likeness (QED) is 0.892. The third-order valence-electron chi connectivity index (χ3n) is 3.29. The van der Waals surface area contributed by atoms with Crippen LogP contribution in [0.25, 0.3) is 0 Å². The molecule has 0 spiro atoms. The molecule has 1 aliphatic carbocycles. The lowest BCUT2D eigenvalue weighted by atomic mass is 9.91. The molecule has 1 N–H and O–H groups in total. The minimum atomic E-state index is -3.84. The van der Waals surface area contributed by atoms with E-state index in [-0.39, 0.29) is 10.7 Å². The number of benzene rings is 1. The van der Waals surface area contributed by atoms with Gasteiger partial charge in [0.1, 0.15) is 6.54 Å². The van der Waals surface area contributed by atoms with E-state index in [1.54, 1.807) is 0 Å². The number of hydrogen-bond acceptors (Lipinski definition) is 4. The van der Waals surface area contributed by atoms with Gasteiger partial charge in [-0.1, -0.05) is 0 Å². The van der Waals surface area contributed by atoms with E-state index in [1.807, 2.05) is 0 Å². The summed E-state index contributed by atoms with van der Waals surface area (Å²) in [6.45, 7) is -0.599. The number of aryl methyl sites for hydroxylation is 1. The molecular formula is C13H15NO5S. The predicted octanol–water partition coefficient (Wildman–Crippen LogP) is 0.911. The maximum atomic E-state index is 12.2. The van der Waals surface area contributed by atoms with E-state index >= 15 is 0 Å². The van der Waals surface area contributed by atoms with Crippen molar-refractivity contribution in [3.8, 4) is 0 Å². The smallest absolute Gasteiger partial charge is 0.318 e. The molecule has 2 rings (SSSR count). The second-order valence-electron chi connectivity index (χ2n) is 4.75. The van der Waals surface area contributed by atoms with Crippen LogP contribution in [0.3, 0.4) is 0 Å². The van der Waals surface area contributed by atoms with Gasteiger partial charge in [0.2, 0.25) is 10.0 Å². The summed E-state index contributed by atoms with van der Waals surface area (Å²) in [7, 11) is -2.63. The highest BCUT2D eigenvalue weighted by Crippen LogP contribution is 2.25.